The lowest BCUT2D eigenvalue weighted by Gasteiger charge is -1.98. The number of nitrogens with one attached hydrogen (secondary N) is 1. The first-order chi connectivity index (χ1) is 12.7. The van der Waals surface area contributed by atoms with E-state index in [1.165, 1.54) is 12.1 Å². The van der Waals surface area contributed by atoms with Crippen molar-refractivity contribution < 1.29 is 4.39 Å². The van der Waals surface area contributed by atoms with E-state index in [9.17, 15) is 9.65 Å². The summed E-state index contributed by atoms with van der Waals surface area (Å²) in [5, 5.41) is 10.7. The van der Waals surface area contributed by atoms with Crippen LogP contribution in [-0.4, -0.2) is 14.5 Å². The minimum Gasteiger partial charge on any atom is -0.343 e. The molecule has 0 fully saturated rings. The highest BCUT2D eigenvalue weighted by Crippen LogP contribution is 2.26. The van der Waals surface area contributed by atoms with E-state index in [2.05, 4.69) is 27.2 Å². The van der Waals surface area contributed by atoms with E-state index in [-0.39, 0.29) is 5.82 Å². The maximum absolute atomic E-state index is 13.4. The number of allylic oxidation sites excluding steroid dienone is 2. The average molecular weight is 342 g/mol. The van der Waals surface area contributed by atoms with Crippen molar-refractivity contribution in [3.05, 3.63) is 78.5 Å². The Labute approximate surface area is 149 Å². The maximum Gasteiger partial charge on any atom is 0.149 e. The fraction of sp³-hybridized carbons (Fsp3) is 0.0476. The Hall–Kier alpha value is -3.65. The standard InChI is InChI=1S/C21H15FN4/c1-2-9-26-13-15(17-5-3-4-6-20(17)26)10-14(12-23)21-24-18-8-7-16(22)11-19(18)25-21/h2-8,10-11,13H,1,9H2,(H,24,25)/b14-10-. The fourth-order valence-corrected chi connectivity index (χ4v) is 3.10. The van der Waals surface area contributed by atoms with Crippen molar-refractivity contribution in [1.82, 2.24) is 14.5 Å². The molecule has 4 rings (SSSR count). The number of H-pyrrole nitrogens is 1. The molecule has 0 saturated carbocycles. The predicted octanol–water partition coefficient (Wildman–Crippen LogP) is 4.91. The third kappa shape index (κ3) is 2.68. The molecular formula is C21H15FN4. The van der Waals surface area contributed by atoms with Crippen LogP contribution >= 0.6 is 0 Å². The molecule has 0 saturated heterocycles. The minimum atomic E-state index is -0.345. The van der Waals surface area contributed by atoms with Crippen molar-refractivity contribution in [2.24, 2.45) is 0 Å². The molecule has 4 aromatic rings. The summed E-state index contributed by atoms with van der Waals surface area (Å²) in [6.45, 7) is 4.47. The molecular weight excluding hydrogens is 327 g/mol. The van der Waals surface area contributed by atoms with Crippen LogP contribution in [0.3, 0.4) is 0 Å². The summed E-state index contributed by atoms with van der Waals surface area (Å²) in [5.41, 5.74) is 3.57. The van der Waals surface area contributed by atoms with Gasteiger partial charge in [0.05, 0.1) is 16.6 Å². The molecule has 2 aromatic carbocycles. The lowest BCUT2D eigenvalue weighted by Crippen LogP contribution is -1.91. The largest absolute Gasteiger partial charge is 0.343 e. The van der Waals surface area contributed by atoms with Crippen molar-refractivity contribution in [2.45, 2.75) is 6.54 Å². The number of benzene rings is 2. The van der Waals surface area contributed by atoms with Gasteiger partial charge in [-0.2, -0.15) is 5.26 Å². The van der Waals surface area contributed by atoms with Gasteiger partial charge in [-0.25, -0.2) is 9.37 Å². The van der Waals surface area contributed by atoms with E-state index in [4.69, 9.17) is 0 Å². The van der Waals surface area contributed by atoms with Crippen LogP contribution in [0.1, 0.15) is 11.4 Å². The number of halogens is 1. The second kappa shape index (κ2) is 6.34. The van der Waals surface area contributed by atoms with Gasteiger partial charge < -0.3 is 9.55 Å². The van der Waals surface area contributed by atoms with Crippen molar-refractivity contribution in [1.29, 1.82) is 5.26 Å². The van der Waals surface area contributed by atoms with Crippen molar-refractivity contribution >= 4 is 33.6 Å². The molecule has 2 heterocycles. The number of para-hydroxylation sites is 1. The molecule has 26 heavy (non-hydrogen) atoms. The summed E-state index contributed by atoms with van der Waals surface area (Å²) in [6.07, 6.45) is 5.63. The number of imidazole rings is 1. The van der Waals surface area contributed by atoms with E-state index in [0.717, 1.165) is 16.5 Å². The maximum atomic E-state index is 13.4. The van der Waals surface area contributed by atoms with E-state index in [1.807, 2.05) is 36.5 Å². The number of fused-ring (bicyclic) bond motifs is 2. The van der Waals surface area contributed by atoms with E-state index < -0.39 is 0 Å². The van der Waals surface area contributed by atoms with Gasteiger partial charge in [-0.3, -0.25) is 0 Å². The molecule has 5 heteroatoms. The number of hydrogen-bond acceptors (Lipinski definition) is 2. The molecule has 0 aliphatic carbocycles. The van der Waals surface area contributed by atoms with E-state index >= 15 is 0 Å². The lowest BCUT2D eigenvalue weighted by atomic mass is 10.1. The quantitative estimate of drug-likeness (QED) is 0.423. The zero-order valence-corrected chi connectivity index (χ0v) is 13.9. The molecule has 2 aromatic heterocycles. The number of aromatic nitrogens is 3. The molecule has 0 unspecified atom stereocenters. The Kier molecular flexibility index (Phi) is 3.86. The third-order valence-corrected chi connectivity index (χ3v) is 4.26. The van der Waals surface area contributed by atoms with Gasteiger partial charge in [-0.15, -0.1) is 6.58 Å². The Balaban J connectivity index is 1.86. The molecule has 0 spiro atoms. The van der Waals surface area contributed by atoms with E-state index in [0.29, 0.717) is 29.0 Å². The molecule has 0 bridgehead atoms. The molecule has 4 nitrogen and oxygen atoms in total. The highest BCUT2D eigenvalue weighted by molar-refractivity contribution is 5.98. The van der Waals surface area contributed by atoms with Crippen LogP contribution in [0.4, 0.5) is 4.39 Å². The Morgan fingerprint density at radius 3 is 2.96 bits per heavy atom. The molecule has 0 amide bonds. The summed E-state index contributed by atoms with van der Waals surface area (Å²) >= 11 is 0. The number of nitriles is 1. The highest BCUT2D eigenvalue weighted by Gasteiger charge is 2.11. The highest BCUT2D eigenvalue weighted by atomic mass is 19.1. The first-order valence-electron chi connectivity index (χ1n) is 8.16. The number of hydrogen-bond donors (Lipinski definition) is 1. The van der Waals surface area contributed by atoms with Crippen molar-refractivity contribution in [3.8, 4) is 6.07 Å². The van der Waals surface area contributed by atoms with Crippen molar-refractivity contribution in [3.63, 3.8) is 0 Å². The smallest absolute Gasteiger partial charge is 0.149 e. The van der Waals surface area contributed by atoms with Gasteiger partial charge in [-0.1, -0.05) is 24.3 Å². The average Bonchev–Trinajstić information content (AvgIpc) is 3.21. The number of rotatable bonds is 4. The van der Waals surface area contributed by atoms with Crippen LogP contribution in [0.25, 0.3) is 33.6 Å². The Bertz CT molecular complexity index is 1200. The van der Waals surface area contributed by atoms with Gasteiger partial charge in [0.15, 0.2) is 0 Å². The molecule has 0 aliphatic rings. The second-order valence-corrected chi connectivity index (χ2v) is 5.96. The summed E-state index contributed by atoms with van der Waals surface area (Å²) in [6, 6.07) is 14.5. The topological polar surface area (TPSA) is 57.4 Å². The Morgan fingerprint density at radius 2 is 2.15 bits per heavy atom. The summed E-state index contributed by atoms with van der Waals surface area (Å²) in [4.78, 5) is 7.43. The van der Waals surface area contributed by atoms with Gasteiger partial charge in [0, 0.05) is 29.2 Å². The molecule has 0 aliphatic heterocycles. The van der Waals surface area contributed by atoms with Crippen LogP contribution in [0, 0.1) is 17.1 Å². The summed E-state index contributed by atoms with van der Waals surface area (Å²) in [7, 11) is 0. The Morgan fingerprint density at radius 1 is 1.31 bits per heavy atom. The van der Waals surface area contributed by atoms with Gasteiger partial charge in [0.1, 0.15) is 17.7 Å². The van der Waals surface area contributed by atoms with Crippen LogP contribution in [0.15, 0.2) is 61.3 Å². The SMILES string of the molecule is C=CCn1cc(/C=C(/C#N)c2nc3ccc(F)cc3[nH]2)c2ccccc21. The lowest BCUT2D eigenvalue weighted by molar-refractivity contribution is 0.629. The zero-order chi connectivity index (χ0) is 18.1. The minimum absolute atomic E-state index is 0.345. The first-order valence-corrected chi connectivity index (χ1v) is 8.16. The summed E-state index contributed by atoms with van der Waals surface area (Å²) < 4.78 is 15.5. The molecule has 1 N–H and O–H groups in total. The molecule has 126 valence electrons. The van der Waals surface area contributed by atoms with Gasteiger partial charge in [0.2, 0.25) is 0 Å². The van der Waals surface area contributed by atoms with Gasteiger partial charge in [0.25, 0.3) is 0 Å². The van der Waals surface area contributed by atoms with Gasteiger partial charge in [-0.05, 0) is 30.3 Å². The van der Waals surface area contributed by atoms with Crippen molar-refractivity contribution in [2.75, 3.05) is 0 Å². The van der Waals surface area contributed by atoms with Crippen LogP contribution in [0.5, 0.6) is 0 Å². The number of aromatic amines is 1. The summed E-state index contributed by atoms with van der Waals surface area (Å²) in [5.74, 6) is 0.0799. The van der Waals surface area contributed by atoms with Crippen LogP contribution in [-0.2, 0) is 6.54 Å². The predicted molar refractivity (Wildman–Crippen MR) is 102 cm³/mol. The third-order valence-electron chi connectivity index (χ3n) is 4.26. The second-order valence-electron chi connectivity index (χ2n) is 5.96. The molecule has 0 atom stereocenters. The van der Waals surface area contributed by atoms with E-state index in [1.54, 1.807) is 12.1 Å². The van der Waals surface area contributed by atoms with Gasteiger partial charge >= 0.3 is 0 Å². The molecule has 0 radical (unpaired) electrons. The van der Waals surface area contributed by atoms with Crippen LogP contribution in [0.2, 0.25) is 0 Å². The zero-order valence-electron chi connectivity index (χ0n) is 13.9. The number of nitrogens with zero attached hydrogens (tertiary/aromatic N) is 3. The monoisotopic (exact) mass is 342 g/mol. The normalized spacial score (nSPS) is 11.8. The fourth-order valence-electron chi connectivity index (χ4n) is 3.10. The van der Waals surface area contributed by atoms with Crippen LogP contribution < -0.4 is 0 Å². The first kappa shape index (κ1) is 15.9.